The van der Waals surface area contributed by atoms with E-state index in [1.807, 2.05) is 0 Å². The van der Waals surface area contributed by atoms with Gasteiger partial charge in [0.15, 0.2) is 0 Å². The van der Waals surface area contributed by atoms with Crippen LogP contribution in [0, 0.1) is 13.8 Å². The molecule has 4 rings (SSSR count). The lowest BCUT2D eigenvalue weighted by atomic mass is 9.87. The largest absolute Gasteiger partial charge is 0.496 e. The van der Waals surface area contributed by atoms with E-state index >= 15 is 0 Å². The second-order valence-electron chi connectivity index (χ2n) is 9.81. The van der Waals surface area contributed by atoms with E-state index in [9.17, 15) is 0 Å². The molecule has 0 aliphatic rings. The van der Waals surface area contributed by atoms with E-state index in [1.165, 1.54) is 22.3 Å². The number of nitrogens with one attached hydrogen (secondary N) is 2. The van der Waals surface area contributed by atoms with Crippen molar-refractivity contribution in [2.45, 2.75) is 26.9 Å². The van der Waals surface area contributed by atoms with E-state index < -0.39 is 0 Å². The van der Waals surface area contributed by atoms with Crippen LogP contribution < -0.4 is 20.1 Å². The first-order valence-corrected chi connectivity index (χ1v) is 13.7. The van der Waals surface area contributed by atoms with E-state index in [0.29, 0.717) is 26.2 Å². The van der Waals surface area contributed by atoms with Crippen LogP contribution in [0.1, 0.15) is 22.3 Å². The summed E-state index contributed by atoms with van der Waals surface area (Å²) in [7, 11) is 3.39. The van der Waals surface area contributed by atoms with Crippen molar-refractivity contribution < 1.29 is 19.7 Å². The van der Waals surface area contributed by atoms with Crippen LogP contribution in [0.4, 0.5) is 0 Å². The van der Waals surface area contributed by atoms with Crippen LogP contribution in [0.5, 0.6) is 11.5 Å². The SMILES string of the molecule is COc1cc(-c2cccc(-c3cccc(-c4ccc(CNCCO)c(OC)c4)c3C)c2C)ccc1CNCCO. The lowest BCUT2D eigenvalue weighted by Crippen LogP contribution is -2.17. The van der Waals surface area contributed by atoms with Crippen molar-refractivity contribution in [3.05, 3.63) is 95.1 Å². The van der Waals surface area contributed by atoms with Crippen LogP contribution in [0.25, 0.3) is 33.4 Å². The zero-order chi connectivity index (χ0) is 28.5. The topological polar surface area (TPSA) is 83.0 Å². The lowest BCUT2D eigenvalue weighted by Gasteiger charge is -2.18. The van der Waals surface area contributed by atoms with Gasteiger partial charge < -0.3 is 30.3 Å². The molecule has 0 saturated heterocycles. The molecule has 40 heavy (non-hydrogen) atoms. The van der Waals surface area contributed by atoms with Crippen molar-refractivity contribution in [3.63, 3.8) is 0 Å². The standard InChI is InChI=1S/C34H40N2O4/c1-23-29(25-11-13-27(21-35-15-17-37)33(19-25)39-3)7-5-9-31(23)32-10-6-8-30(24(32)2)26-12-14-28(22-36-16-18-38)34(20-26)40-4/h5-14,19-20,35-38H,15-18,21-22H2,1-4H3. The number of benzene rings is 4. The third-order valence-corrected chi connectivity index (χ3v) is 7.36. The Labute approximate surface area is 237 Å². The average Bonchev–Trinajstić information content (AvgIpc) is 2.98. The summed E-state index contributed by atoms with van der Waals surface area (Å²) in [5.74, 6) is 1.66. The molecule has 0 aliphatic carbocycles. The molecule has 0 bridgehead atoms. The van der Waals surface area contributed by atoms with Crippen LogP contribution in [-0.4, -0.2) is 50.7 Å². The van der Waals surface area contributed by atoms with Crippen LogP contribution in [0.2, 0.25) is 0 Å². The maximum Gasteiger partial charge on any atom is 0.123 e. The van der Waals surface area contributed by atoms with Gasteiger partial charge >= 0.3 is 0 Å². The maximum absolute atomic E-state index is 9.08. The normalized spacial score (nSPS) is 11.1. The smallest absolute Gasteiger partial charge is 0.123 e. The minimum Gasteiger partial charge on any atom is -0.496 e. The van der Waals surface area contributed by atoms with Crippen molar-refractivity contribution in [1.82, 2.24) is 10.6 Å². The zero-order valence-corrected chi connectivity index (χ0v) is 23.9. The summed E-state index contributed by atoms with van der Waals surface area (Å²) in [6, 6.07) is 25.6. The highest BCUT2D eigenvalue weighted by Crippen LogP contribution is 2.38. The summed E-state index contributed by atoms with van der Waals surface area (Å²) >= 11 is 0. The highest BCUT2D eigenvalue weighted by molar-refractivity contribution is 5.84. The van der Waals surface area contributed by atoms with E-state index in [2.05, 4.69) is 97.3 Å². The van der Waals surface area contributed by atoms with Gasteiger partial charge in [-0.2, -0.15) is 0 Å². The lowest BCUT2D eigenvalue weighted by molar-refractivity contribution is 0.291. The molecule has 4 aromatic carbocycles. The summed E-state index contributed by atoms with van der Waals surface area (Å²) in [5.41, 5.74) is 11.5. The van der Waals surface area contributed by atoms with Gasteiger partial charge in [0.25, 0.3) is 0 Å². The summed E-state index contributed by atoms with van der Waals surface area (Å²) < 4.78 is 11.4. The van der Waals surface area contributed by atoms with E-state index in [-0.39, 0.29) is 13.2 Å². The Bertz CT molecular complexity index is 1320. The van der Waals surface area contributed by atoms with Gasteiger partial charge in [-0.25, -0.2) is 0 Å². The van der Waals surface area contributed by atoms with Crippen molar-refractivity contribution >= 4 is 0 Å². The number of ether oxygens (including phenoxy) is 2. The van der Waals surface area contributed by atoms with Crippen LogP contribution in [0.3, 0.4) is 0 Å². The Hall–Kier alpha value is -3.68. The fourth-order valence-electron chi connectivity index (χ4n) is 5.20. The quantitative estimate of drug-likeness (QED) is 0.168. The molecule has 0 heterocycles. The van der Waals surface area contributed by atoms with Gasteiger partial charge in [-0.15, -0.1) is 0 Å². The Morgan fingerprint density at radius 1 is 0.575 bits per heavy atom. The van der Waals surface area contributed by atoms with Gasteiger partial charge in [0.05, 0.1) is 27.4 Å². The predicted octanol–water partition coefficient (Wildman–Crippen LogP) is 5.49. The van der Waals surface area contributed by atoms with Gasteiger partial charge in [0.1, 0.15) is 11.5 Å². The molecule has 4 aromatic rings. The van der Waals surface area contributed by atoms with Crippen LogP contribution in [0.15, 0.2) is 72.8 Å². The summed E-state index contributed by atoms with van der Waals surface area (Å²) in [4.78, 5) is 0. The first kappa shape index (κ1) is 29.3. The summed E-state index contributed by atoms with van der Waals surface area (Å²) in [5, 5.41) is 24.6. The maximum atomic E-state index is 9.08. The fourth-order valence-corrected chi connectivity index (χ4v) is 5.20. The number of hydrogen-bond donors (Lipinski definition) is 4. The van der Waals surface area contributed by atoms with E-state index in [4.69, 9.17) is 19.7 Å². The molecule has 0 radical (unpaired) electrons. The number of rotatable bonds is 13. The summed E-state index contributed by atoms with van der Waals surface area (Å²) in [6.45, 7) is 6.93. The van der Waals surface area contributed by atoms with Gasteiger partial charge in [0.2, 0.25) is 0 Å². The van der Waals surface area contributed by atoms with Gasteiger partial charge in [-0.3, -0.25) is 0 Å². The Morgan fingerprint density at radius 2 is 0.975 bits per heavy atom. The minimum absolute atomic E-state index is 0.106. The van der Waals surface area contributed by atoms with Crippen LogP contribution >= 0.6 is 0 Å². The monoisotopic (exact) mass is 540 g/mol. The third kappa shape index (κ3) is 6.54. The second kappa shape index (κ2) is 14.1. The highest BCUT2D eigenvalue weighted by atomic mass is 16.5. The summed E-state index contributed by atoms with van der Waals surface area (Å²) in [6.07, 6.45) is 0. The molecule has 0 fully saturated rings. The predicted molar refractivity (Wildman–Crippen MR) is 163 cm³/mol. The third-order valence-electron chi connectivity index (χ3n) is 7.36. The van der Waals surface area contributed by atoms with Crippen LogP contribution in [-0.2, 0) is 13.1 Å². The zero-order valence-electron chi connectivity index (χ0n) is 23.9. The molecule has 0 unspecified atom stereocenters. The molecule has 210 valence electrons. The molecule has 0 spiro atoms. The van der Waals surface area contributed by atoms with Crippen molar-refractivity contribution in [2.75, 3.05) is 40.5 Å². The second-order valence-corrected chi connectivity index (χ2v) is 9.81. The number of aliphatic hydroxyl groups excluding tert-OH is 2. The highest BCUT2D eigenvalue weighted by Gasteiger charge is 2.15. The van der Waals surface area contributed by atoms with E-state index in [1.54, 1.807) is 14.2 Å². The Kier molecular flexibility index (Phi) is 10.3. The average molecular weight is 541 g/mol. The number of hydrogen-bond acceptors (Lipinski definition) is 6. The van der Waals surface area contributed by atoms with Gasteiger partial charge in [0, 0.05) is 37.3 Å². The molecule has 0 amide bonds. The van der Waals surface area contributed by atoms with Crippen molar-refractivity contribution in [1.29, 1.82) is 0 Å². The molecule has 0 aliphatic heterocycles. The molecular weight excluding hydrogens is 500 g/mol. The number of aliphatic hydroxyl groups is 2. The minimum atomic E-state index is 0.106. The van der Waals surface area contributed by atoms with Crippen molar-refractivity contribution in [2.24, 2.45) is 0 Å². The van der Waals surface area contributed by atoms with Crippen molar-refractivity contribution in [3.8, 4) is 44.9 Å². The first-order chi connectivity index (χ1) is 19.5. The van der Waals surface area contributed by atoms with Gasteiger partial charge in [-0.1, -0.05) is 60.7 Å². The fraction of sp³-hybridized carbons (Fsp3) is 0.294. The van der Waals surface area contributed by atoms with Gasteiger partial charge in [-0.05, 0) is 70.5 Å². The Balaban J connectivity index is 1.69. The molecule has 4 N–H and O–H groups in total. The molecule has 6 heteroatoms. The molecule has 0 aromatic heterocycles. The van der Waals surface area contributed by atoms with E-state index in [0.717, 1.165) is 44.9 Å². The Morgan fingerprint density at radius 3 is 1.35 bits per heavy atom. The molecule has 0 saturated carbocycles. The molecule has 0 atom stereocenters. The number of methoxy groups -OCH3 is 2. The molecule has 6 nitrogen and oxygen atoms in total. The first-order valence-electron chi connectivity index (χ1n) is 13.7. The molecular formula is C34H40N2O4.